The Morgan fingerprint density at radius 2 is 2.12 bits per heavy atom. The van der Waals surface area contributed by atoms with Crippen LogP contribution < -0.4 is 0 Å². The molecule has 0 aromatic heterocycles. The number of carboxylic acid groups (broad SMARTS) is 1. The van der Waals surface area contributed by atoms with Crippen molar-refractivity contribution in [3.63, 3.8) is 0 Å². The van der Waals surface area contributed by atoms with Crippen molar-refractivity contribution in [1.29, 1.82) is 0 Å². The van der Waals surface area contributed by atoms with Gasteiger partial charge in [-0.1, -0.05) is 23.2 Å². The number of carbonyl (C=O) groups is 1. The van der Waals surface area contributed by atoms with E-state index in [2.05, 4.69) is 0 Å². The topological polar surface area (TPSA) is 40.5 Å². The lowest BCUT2D eigenvalue weighted by Gasteiger charge is -2.21. The Kier molecular flexibility index (Phi) is 4.59. The predicted molar refractivity (Wildman–Crippen MR) is 65.0 cm³/mol. The fourth-order valence-electron chi connectivity index (χ4n) is 1.26. The fourth-order valence-corrected chi connectivity index (χ4v) is 1.63. The number of hydrogen-bond acceptors (Lipinski definition) is 2. The number of hydrogen-bond donors (Lipinski definition) is 1. The van der Waals surface area contributed by atoms with Crippen molar-refractivity contribution in [1.82, 2.24) is 4.90 Å². The zero-order valence-corrected chi connectivity index (χ0v) is 10.6. The minimum atomic E-state index is -0.861. The van der Waals surface area contributed by atoms with E-state index in [1.165, 1.54) is 0 Å². The van der Waals surface area contributed by atoms with Crippen molar-refractivity contribution >= 4 is 29.2 Å². The van der Waals surface area contributed by atoms with Crippen molar-refractivity contribution < 1.29 is 9.90 Å². The lowest BCUT2D eigenvalue weighted by atomic mass is 10.2. The van der Waals surface area contributed by atoms with Gasteiger partial charge in [0.05, 0.1) is 0 Å². The third kappa shape index (κ3) is 3.37. The van der Waals surface area contributed by atoms with Crippen LogP contribution in [0.5, 0.6) is 0 Å². The molecule has 0 aliphatic rings. The first-order valence-corrected chi connectivity index (χ1v) is 5.54. The Morgan fingerprint density at radius 3 is 2.69 bits per heavy atom. The largest absolute Gasteiger partial charge is 0.480 e. The van der Waals surface area contributed by atoms with Crippen LogP contribution in [0.1, 0.15) is 12.5 Å². The molecule has 0 saturated carbocycles. The first-order chi connectivity index (χ1) is 7.41. The van der Waals surface area contributed by atoms with E-state index in [0.29, 0.717) is 16.6 Å². The number of halogens is 2. The monoisotopic (exact) mass is 261 g/mol. The van der Waals surface area contributed by atoms with Gasteiger partial charge in [-0.2, -0.15) is 0 Å². The van der Waals surface area contributed by atoms with Gasteiger partial charge < -0.3 is 5.11 Å². The van der Waals surface area contributed by atoms with Crippen molar-refractivity contribution in [2.75, 3.05) is 7.05 Å². The Balaban J connectivity index is 2.80. The van der Waals surface area contributed by atoms with E-state index >= 15 is 0 Å². The van der Waals surface area contributed by atoms with Crippen molar-refractivity contribution in [2.45, 2.75) is 19.5 Å². The highest BCUT2D eigenvalue weighted by molar-refractivity contribution is 6.33. The van der Waals surface area contributed by atoms with E-state index in [1.54, 1.807) is 37.1 Å². The molecule has 0 aliphatic heterocycles. The van der Waals surface area contributed by atoms with Gasteiger partial charge in [-0.3, -0.25) is 9.69 Å². The standard InChI is InChI=1S/C11H13Cl2NO2/c1-7(11(15)16)14(2)6-8-5-9(12)3-4-10(8)13/h3-5,7H,6H2,1-2H3,(H,15,16). The van der Waals surface area contributed by atoms with Gasteiger partial charge in [0.25, 0.3) is 0 Å². The zero-order valence-electron chi connectivity index (χ0n) is 9.08. The van der Waals surface area contributed by atoms with Crippen LogP contribution in [0.2, 0.25) is 10.0 Å². The Bertz CT molecular complexity index is 396. The Morgan fingerprint density at radius 1 is 1.50 bits per heavy atom. The molecule has 0 bridgehead atoms. The third-order valence-electron chi connectivity index (χ3n) is 2.45. The molecule has 16 heavy (non-hydrogen) atoms. The Hall–Kier alpha value is -0.770. The number of carboxylic acids is 1. The van der Waals surface area contributed by atoms with Crippen LogP contribution in [0.15, 0.2) is 18.2 Å². The molecule has 0 spiro atoms. The van der Waals surface area contributed by atoms with Gasteiger partial charge in [0.2, 0.25) is 0 Å². The molecule has 88 valence electrons. The number of benzene rings is 1. The highest BCUT2D eigenvalue weighted by Crippen LogP contribution is 2.22. The Labute approximate surface area is 105 Å². The number of rotatable bonds is 4. The summed E-state index contributed by atoms with van der Waals surface area (Å²) in [7, 11) is 1.73. The molecule has 0 amide bonds. The molecule has 1 rings (SSSR count). The summed E-state index contributed by atoms with van der Waals surface area (Å²) in [5.74, 6) is -0.861. The van der Waals surface area contributed by atoms with Crippen LogP contribution in [0, 0.1) is 0 Å². The summed E-state index contributed by atoms with van der Waals surface area (Å²) in [4.78, 5) is 12.5. The molecule has 3 nitrogen and oxygen atoms in total. The smallest absolute Gasteiger partial charge is 0.320 e. The minimum absolute atomic E-state index is 0.451. The predicted octanol–water partition coefficient (Wildman–Crippen LogP) is 2.90. The molecule has 1 unspecified atom stereocenters. The molecule has 0 aliphatic carbocycles. The van der Waals surface area contributed by atoms with Gasteiger partial charge in [0, 0.05) is 16.6 Å². The van der Waals surface area contributed by atoms with E-state index in [4.69, 9.17) is 28.3 Å². The number of aliphatic carboxylic acids is 1. The quantitative estimate of drug-likeness (QED) is 0.906. The lowest BCUT2D eigenvalue weighted by molar-refractivity contribution is -0.142. The molecule has 0 saturated heterocycles. The molecule has 1 aromatic rings. The molecular weight excluding hydrogens is 249 g/mol. The van der Waals surface area contributed by atoms with E-state index in [0.717, 1.165) is 5.56 Å². The van der Waals surface area contributed by atoms with E-state index < -0.39 is 12.0 Å². The van der Waals surface area contributed by atoms with Crippen LogP contribution in [0.25, 0.3) is 0 Å². The summed E-state index contributed by atoms with van der Waals surface area (Å²) in [6.45, 7) is 2.08. The number of nitrogens with zero attached hydrogens (tertiary/aromatic N) is 1. The summed E-state index contributed by atoms with van der Waals surface area (Å²) in [5.41, 5.74) is 0.824. The van der Waals surface area contributed by atoms with E-state index in [1.807, 2.05) is 0 Å². The lowest BCUT2D eigenvalue weighted by Crippen LogP contribution is -2.35. The highest BCUT2D eigenvalue weighted by atomic mass is 35.5. The molecular formula is C11H13Cl2NO2. The number of likely N-dealkylation sites (N-methyl/N-ethyl adjacent to an activating group) is 1. The minimum Gasteiger partial charge on any atom is -0.480 e. The van der Waals surface area contributed by atoms with Gasteiger partial charge in [-0.25, -0.2) is 0 Å². The second kappa shape index (κ2) is 5.53. The first-order valence-electron chi connectivity index (χ1n) is 4.78. The zero-order chi connectivity index (χ0) is 12.3. The summed E-state index contributed by atoms with van der Waals surface area (Å²) in [5, 5.41) is 10.0. The fraction of sp³-hybridized carbons (Fsp3) is 0.364. The van der Waals surface area contributed by atoms with Crippen LogP contribution in [-0.2, 0) is 11.3 Å². The van der Waals surface area contributed by atoms with Crippen LogP contribution in [0.4, 0.5) is 0 Å². The molecule has 1 atom stereocenters. The van der Waals surface area contributed by atoms with Gasteiger partial charge >= 0.3 is 5.97 Å². The van der Waals surface area contributed by atoms with Crippen molar-refractivity contribution in [2.24, 2.45) is 0 Å². The average Bonchev–Trinajstić information content (AvgIpc) is 2.22. The van der Waals surface area contributed by atoms with Gasteiger partial charge in [0.1, 0.15) is 6.04 Å². The first kappa shape index (κ1) is 13.3. The second-order valence-electron chi connectivity index (χ2n) is 3.67. The average molecular weight is 262 g/mol. The summed E-state index contributed by atoms with van der Waals surface area (Å²) in [6.07, 6.45) is 0. The maximum absolute atomic E-state index is 10.8. The summed E-state index contributed by atoms with van der Waals surface area (Å²) >= 11 is 11.8. The van der Waals surface area contributed by atoms with Crippen molar-refractivity contribution in [3.05, 3.63) is 33.8 Å². The highest BCUT2D eigenvalue weighted by Gasteiger charge is 2.17. The molecule has 5 heteroatoms. The van der Waals surface area contributed by atoms with Crippen LogP contribution in [-0.4, -0.2) is 29.1 Å². The molecule has 0 fully saturated rings. The third-order valence-corrected chi connectivity index (χ3v) is 3.05. The van der Waals surface area contributed by atoms with Crippen molar-refractivity contribution in [3.8, 4) is 0 Å². The molecule has 1 aromatic carbocycles. The second-order valence-corrected chi connectivity index (χ2v) is 4.51. The summed E-state index contributed by atoms with van der Waals surface area (Å²) in [6, 6.07) is 4.59. The van der Waals surface area contributed by atoms with Gasteiger partial charge in [-0.05, 0) is 37.7 Å². The van der Waals surface area contributed by atoms with E-state index in [-0.39, 0.29) is 0 Å². The normalized spacial score (nSPS) is 12.8. The van der Waals surface area contributed by atoms with Crippen LogP contribution >= 0.6 is 23.2 Å². The molecule has 0 radical (unpaired) electrons. The SMILES string of the molecule is CC(C(=O)O)N(C)Cc1cc(Cl)ccc1Cl. The van der Waals surface area contributed by atoms with Gasteiger partial charge in [-0.15, -0.1) is 0 Å². The molecule has 1 N–H and O–H groups in total. The van der Waals surface area contributed by atoms with Crippen LogP contribution in [0.3, 0.4) is 0 Å². The summed E-state index contributed by atoms with van der Waals surface area (Å²) < 4.78 is 0. The molecule has 0 heterocycles. The maximum Gasteiger partial charge on any atom is 0.320 e. The maximum atomic E-state index is 10.8. The van der Waals surface area contributed by atoms with Gasteiger partial charge in [0.15, 0.2) is 0 Å². The van der Waals surface area contributed by atoms with E-state index in [9.17, 15) is 4.79 Å².